The summed E-state index contributed by atoms with van der Waals surface area (Å²) in [6.45, 7) is 0.489. The van der Waals surface area contributed by atoms with Crippen molar-refractivity contribution in [3.63, 3.8) is 0 Å². The number of carbonyl (C=O) groups excluding carboxylic acids is 1. The molecular formula is C28H24ClNO3. The molecule has 1 heterocycles. The smallest absolute Gasteiger partial charge is 0.228 e. The Labute approximate surface area is 198 Å². The van der Waals surface area contributed by atoms with Gasteiger partial charge in [0.1, 0.15) is 11.5 Å². The van der Waals surface area contributed by atoms with Crippen molar-refractivity contribution in [3.8, 4) is 11.5 Å². The van der Waals surface area contributed by atoms with Gasteiger partial charge in [-0.05, 0) is 58.3 Å². The van der Waals surface area contributed by atoms with Crippen LogP contribution in [-0.4, -0.2) is 20.1 Å². The third-order valence-corrected chi connectivity index (χ3v) is 6.58. The summed E-state index contributed by atoms with van der Waals surface area (Å²) in [5, 5.41) is 2.96. The zero-order valence-electron chi connectivity index (χ0n) is 18.5. The average molecular weight is 458 g/mol. The van der Waals surface area contributed by atoms with Crippen LogP contribution in [0.4, 0.5) is 5.69 Å². The molecule has 0 saturated carbocycles. The highest BCUT2D eigenvalue weighted by Gasteiger charge is 2.35. The molecule has 0 N–H and O–H groups in total. The fourth-order valence-electron chi connectivity index (χ4n) is 4.73. The highest BCUT2D eigenvalue weighted by molar-refractivity contribution is 6.30. The first-order valence-electron chi connectivity index (χ1n) is 10.9. The van der Waals surface area contributed by atoms with Crippen molar-refractivity contribution in [2.75, 3.05) is 19.1 Å². The van der Waals surface area contributed by atoms with Crippen LogP contribution in [0, 0.1) is 0 Å². The number of benzene rings is 4. The molecule has 0 spiro atoms. The zero-order valence-corrected chi connectivity index (χ0v) is 19.3. The summed E-state index contributed by atoms with van der Waals surface area (Å²) < 4.78 is 11.2. The van der Waals surface area contributed by atoms with Crippen LogP contribution >= 0.6 is 11.6 Å². The first-order valence-corrected chi connectivity index (χ1v) is 11.2. The molecule has 1 aliphatic rings. The number of nitrogens with zero attached hydrogens (tertiary/aromatic N) is 1. The summed E-state index contributed by atoms with van der Waals surface area (Å²) in [6.07, 6.45) is 0.345. The molecule has 0 aliphatic carbocycles. The predicted octanol–water partition coefficient (Wildman–Crippen LogP) is 6.58. The summed E-state index contributed by atoms with van der Waals surface area (Å²) >= 11 is 6.07. The van der Waals surface area contributed by atoms with E-state index >= 15 is 0 Å². The fraction of sp³-hybridized carbons (Fsp3) is 0.179. The van der Waals surface area contributed by atoms with Crippen molar-refractivity contribution in [3.05, 3.63) is 101 Å². The first-order chi connectivity index (χ1) is 16.1. The number of rotatable bonds is 5. The molecular weight excluding hydrogens is 434 g/mol. The van der Waals surface area contributed by atoms with Gasteiger partial charge in [0.15, 0.2) is 0 Å². The monoisotopic (exact) mass is 457 g/mol. The second-order valence-corrected chi connectivity index (χ2v) is 8.63. The van der Waals surface area contributed by atoms with Gasteiger partial charge in [-0.15, -0.1) is 0 Å². The van der Waals surface area contributed by atoms with E-state index in [1.54, 1.807) is 14.2 Å². The van der Waals surface area contributed by atoms with Crippen LogP contribution in [0.5, 0.6) is 11.5 Å². The number of fused-ring (bicyclic) bond motifs is 3. The second kappa shape index (κ2) is 8.80. The number of methoxy groups -OCH3 is 2. The van der Waals surface area contributed by atoms with Crippen LogP contribution in [0.15, 0.2) is 78.9 Å². The number of hydrogen-bond acceptors (Lipinski definition) is 3. The summed E-state index contributed by atoms with van der Waals surface area (Å²) in [6, 6.07) is 25.9. The zero-order chi connectivity index (χ0) is 22.9. The molecule has 0 fully saturated rings. The maximum Gasteiger partial charge on any atom is 0.228 e. The minimum absolute atomic E-state index is 0.0719. The van der Waals surface area contributed by atoms with Crippen LogP contribution in [0.1, 0.15) is 29.0 Å². The number of hydrogen-bond donors (Lipinski definition) is 0. The van der Waals surface area contributed by atoms with Gasteiger partial charge in [0, 0.05) is 28.6 Å². The van der Waals surface area contributed by atoms with Gasteiger partial charge in [0.2, 0.25) is 5.91 Å². The molecule has 1 amide bonds. The van der Waals surface area contributed by atoms with Crippen molar-refractivity contribution in [2.24, 2.45) is 0 Å². The van der Waals surface area contributed by atoms with Gasteiger partial charge in [0.05, 0.1) is 20.8 Å². The van der Waals surface area contributed by atoms with Gasteiger partial charge >= 0.3 is 0 Å². The summed E-state index contributed by atoms with van der Waals surface area (Å²) in [5.74, 6) is 1.41. The standard InChI is InChI=1S/C28H24ClNO3/c1-32-21-12-14-26(33-2)23(15-21)24-16-27(31)30(17-18-7-10-20(29)11-8-18)25-13-9-19-5-3-4-6-22(19)28(24)25/h3-15,24H,16-17H2,1-2H3. The van der Waals surface area contributed by atoms with E-state index in [9.17, 15) is 4.79 Å². The van der Waals surface area contributed by atoms with Crippen LogP contribution in [-0.2, 0) is 11.3 Å². The van der Waals surface area contributed by atoms with E-state index in [4.69, 9.17) is 21.1 Å². The lowest BCUT2D eigenvalue weighted by molar-refractivity contribution is -0.119. The normalized spacial score (nSPS) is 15.4. The molecule has 1 atom stereocenters. The second-order valence-electron chi connectivity index (χ2n) is 8.19. The maximum absolute atomic E-state index is 13.5. The molecule has 0 saturated heterocycles. The molecule has 0 radical (unpaired) electrons. The SMILES string of the molecule is COc1ccc(OC)c(C2CC(=O)N(Cc3ccc(Cl)cc3)c3ccc4ccccc4c32)c1. The van der Waals surface area contributed by atoms with Gasteiger partial charge in [-0.3, -0.25) is 4.79 Å². The number of amides is 1. The Hall–Kier alpha value is -3.50. The largest absolute Gasteiger partial charge is 0.497 e. The minimum atomic E-state index is -0.148. The molecule has 5 rings (SSSR count). The molecule has 4 aromatic rings. The molecule has 5 heteroatoms. The van der Waals surface area contributed by atoms with E-state index in [2.05, 4.69) is 24.3 Å². The first kappa shape index (κ1) is 21.4. The van der Waals surface area contributed by atoms with Crippen molar-refractivity contribution in [2.45, 2.75) is 18.9 Å². The highest BCUT2D eigenvalue weighted by atomic mass is 35.5. The lowest BCUT2D eigenvalue weighted by atomic mass is 9.80. The molecule has 4 nitrogen and oxygen atoms in total. The molecule has 4 aromatic carbocycles. The Bertz CT molecular complexity index is 1330. The van der Waals surface area contributed by atoms with E-state index in [1.807, 2.05) is 59.5 Å². The molecule has 1 aliphatic heterocycles. The van der Waals surface area contributed by atoms with Gasteiger partial charge in [-0.1, -0.05) is 54.1 Å². The quantitative estimate of drug-likeness (QED) is 0.340. The van der Waals surface area contributed by atoms with Gasteiger partial charge in [-0.25, -0.2) is 0 Å². The Kier molecular flexibility index (Phi) is 5.69. The third-order valence-electron chi connectivity index (χ3n) is 6.33. The number of carbonyl (C=O) groups is 1. The molecule has 33 heavy (non-hydrogen) atoms. The Morgan fingerprint density at radius 3 is 2.48 bits per heavy atom. The van der Waals surface area contributed by atoms with Crippen LogP contribution in [0.2, 0.25) is 5.02 Å². The highest BCUT2D eigenvalue weighted by Crippen LogP contribution is 2.47. The third kappa shape index (κ3) is 3.91. The van der Waals surface area contributed by atoms with Crippen molar-refractivity contribution < 1.29 is 14.3 Å². The lowest BCUT2D eigenvalue weighted by Crippen LogP contribution is -2.36. The van der Waals surface area contributed by atoms with Crippen LogP contribution in [0.25, 0.3) is 10.8 Å². The molecule has 0 bridgehead atoms. The average Bonchev–Trinajstić information content (AvgIpc) is 2.86. The Morgan fingerprint density at radius 1 is 0.939 bits per heavy atom. The van der Waals surface area contributed by atoms with Crippen LogP contribution < -0.4 is 14.4 Å². The Balaban J connectivity index is 1.70. The molecule has 1 unspecified atom stereocenters. The van der Waals surface area contributed by atoms with E-state index in [-0.39, 0.29) is 11.8 Å². The van der Waals surface area contributed by atoms with Gasteiger partial charge < -0.3 is 14.4 Å². The van der Waals surface area contributed by atoms with Crippen molar-refractivity contribution in [1.82, 2.24) is 0 Å². The maximum atomic E-state index is 13.5. The minimum Gasteiger partial charge on any atom is -0.497 e. The van der Waals surface area contributed by atoms with E-state index in [0.717, 1.165) is 44.6 Å². The fourth-order valence-corrected chi connectivity index (χ4v) is 4.86. The predicted molar refractivity (Wildman–Crippen MR) is 133 cm³/mol. The number of ether oxygens (including phenoxy) is 2. The van der Waals surface area contributed by atoms with Gasteiger partial charge in [-0.2, -0.15) is 0 Å². The van der Waals surface area contributed by atoms with Crippen molar-refractivity contribution >= 4 is 34.0 Å². The summed E-state index contributed by atoms with van der Waals surface area (Å²) in [7, 11) is 3.31. The molecule has 0 aromatic heterocycles. The van der Waals surface area contributed by atoms with E-state index in [1.165, 1.54) is 0 Å². The van der Waals surface area contributed by atoms with Crippen LogP contribution in [0.3, 0.4) is 0 Å². The van der Waals surface area contributed by atoms with Crippen molar-refractivity contribution in [1.29, 1.82) is 0 Å². The van der Waals surface area contributed by atoms with E-state index in [0.29, 0.717) is 18.0 Å². The summed E-state index contributed by atoms with van der Waals surface area (Å²) in [4.78, 5) is 15.4. The topological polar surface area (TPSA) is 38.8 Å². The van der Waals surface area contributed by atoms with Gasteiger partial charge in [0.25, 0.3) is 0 Å². The Morgan fingerprint density at radius 2 is 1.73 bits per heavy atom. The number of halogens is 1. The lowest BCUT2D eigenvalue weighted by Gasteiger charge is -2.36. The van der Waals surface area contributed by atoms with E-state index < -0.39 is 0 Å². The summed E-state index contributed by atoms with van der Waals surface area (Å²) in [5.41, 5.74) is 4.04. The molecule has 166 valence electrons. The number of anilines is 1.